The fraction of sp³-hybridized carbons (Fsp3) is 1.00. The van der Waals surface area contributed by atoms with Crippen molar-refractivity contribution in [3.8, 4) is 0 Å². The summed E-state index contributed by atoms with van der Waals surface area (Å²) in [5.74, 6) is 0. The van der Waals surface area contributed by atoms with Crippen LogP contribution in [-0.2, 0) is 0 Å². The van der Waals surface area contributed by atoms with E-state index in [0.29, 0.717) is 5.41 Å². The van der Waals surface area contributed by atoms with Crippen LogP contribution in [0.25, 0.3) is 0 Å². The van der Waals surface area contributed by atoms with Crippen LogP contribution in [0.4, 0.5) is 0 Å². The number of likely N-dealkylation sites (tertiary alicyclic amines) is 2. The van der Waals surface area contributed by atoms with Crippen molar-refractivity contribution in [1.29, 1.82) is 0 Å². The molecule has 2 aliphatic heterocycles. The smallest absolute Gasteiger partial charge is 0.0212 e. The van der Waals surface area contributed by atoms with Gasteiger partial charge in [0.2, 0.25) is 0 Å². The van der Waals surface area contributed by atoms with Gasteiger partial charge in [0.15, 0.2) is 0 Å². The highest BCUT2D eigenvalue weighted by molar-refractivity contribution is 5.07. The highest BCUT2D eigenvalue weighted by Gasteiger charge is 2.52. The average Bonchev–Trinajstić information content (AvgIpc) is 1.98. The first-order valence-electron chi connectivity index (χ1n) is 6.04. The molecule has 0 saturated carbocycles. The fourth-order valence-corrected chi connectivity index (χ4v) is 2.77. The molecule has 2 rings (SSSR count). The van der Waals surface area contributed by atoms with Gasteiger partial charge in [0.05, 0.1) is 0 Å². The van der Waals surface area contributed by atoms with Crippen molar-refractivity contribution in [2.45, 2.75) is 46.2 Å². The molecule has 2 heteroatoms. The van der Waals surface area contributed by atoms with Crippen molar-refractivity contribution < 1.29 is 0 Å². The Kier molecular flexibility index (Phi) is 2.61. The van der Waals surface area contributed by atoms with Gasteiger partial charge in [0, 0.05) is 43.7 Å². The Balaban J connectivity index is 1.74. The van der Waals surface area contributed by atoms with Crippen LogP contribution < -0.4 is 0 Å². The van der Waals surface area contributed by atoms with Crippen LogP contribution in [0.15, 0.2) is 0 Å². The third-order valence-corrected chi connectivity index (χ3v) is 4.10. The molecule has 0 aromatic carbocycles. The SMILES string of the molecule is CCC(C)N1CC2(CN(C(C)C)C2)C1. The molecule has 2 nitrogen and oxygen atoms in total. The van der Waals surface area contributed by atoms with Crippen molar-refractivity contribution in [2.75, 3.05) is 26.2 Å². The minimum absolute atomic E-state index is 0.702. The zero-order valence-corrected chi connectivity index (χ0v) is 10.1. The lowest BCUT2D eigenvalue weighted by Gasteiger charge is -2.63. The highest BCUT2D eigenvalue weighted by Crippen LogP contribution is 2.41. The third kappa shape index (κ3) is 1.59. The van der Waals surface area contributed by atoms with Gasteiger partial charge in [0.25, 0.3) is 0 Å². The van der Waals surface area contributed by atoms with Crippen molar-refractivity contribution >= 4 is 0 Å². The van der Waals surface area contributed by atoms with E-state index < -0.39 is 0 Å². The topological polar surface area (TPSA) is 6.48 Å². The zero-order chi connectivity index (χ0) is 10.3. The van der Waals surface area contributed by atoms with E-state index >= 15 is 0 Å². The molecule has 14 heavy (non-hydrogen) atoms. The molecule has 1 unspecified atom stereocenters. The Morgan fingerprint density at radius 1 is 1.00 bits per heavy atom. The Morgan fingerprint density at radius 3 is 1.93 bits per heavy atom. The second kappa shape index (κ2) is 3.49. The number of hydrogen-bond acceptors (Lipinski definition) is 2. The average molecular weight is 196 g/mol. The molecule has 0 radical (unpaired) electrons. The largest absolute Gasteiger partial charge is 0.300 e. The maximum absolute atomic E-state index is 2.64. The van der Waals surface area contributed by atoms with Crippen molar-refractivity contribution in [2.24, 2.45) is 5.41 Å². The van der Waals surface area contributed by atoms with E-state index in [2.05, 4.69) is 37.5 Å². The van der Waals surface area contributed by atoms with E-state index in [-0.39, 0.29) is 0 Å². The molecule has 0 aromatic heterocycles. The zero-order valence-electron chi connectivity index (χ0n) is 10.1. The van der Waals surface area contributed by atoms with E-state index in [1.807, 2.05) is 0 Å². The van der Waals surface area contributed by atoms with E-state index in [1.54, 1.807) is 0 Å². The minimum Gasteiger partial charge on any atom is -0.300 e. The van der Waals surface area contributed by atoms with E-state index in [4.69, 9.17) is 0 Å². The Labute approximate surface area is 88.3 Å². The summed E-state index contributed by atoms with van der Waals surface area (Å²) in [6.07, 6.45) is 1.30. The van der Waals surface area contributed by atoms with Crippen LogP contribution in [0.3, 0.4) is 0 Å². The quantitative estimate of drug-likeness (QED) is 0.679. The predicted molar refractivity (Wildman–Crippen MR) is 60.5 cm³/mol. The maximum atomic E-state index is 2.64. The molecule has 82 valence electrons. The lowest BCUT2D eigenvalue weighted by Crippen LogP contribution is -2.74. The van der Waals surface area contributed by atoms with Crippen LogP contribution >= 0.6 is 0 Å². The summed E-state index contributed by atoms with van der Waals surface area (Å²) < 4.78 is 0. The van der Waals surface area contributed by atoms with Crippen LogP contribution in [0.2, 0.25) is 0 Å². The summed E-state index contributed by atoms with van der Waals surface area (Å²) in [5.41, 5.74) is 0.702. The molecule has 0 bridgehead atoms. The molecule has 2 fully saturated rings. The van der Waals surface area contributed by atoms with Gasteiger partial charge in [-0.2, -0.15) is 0 Å². The summed E-state index contributed by atoms with van der Waals surface area (Å²) in [6.45, 7) is 14.6. The van der Waals surface area contributed by atoms with Gasteiger partial charge in [-0.15, -0.1) is 0 Å². The van der Waals surface area contributed by atoms with Crippen molar-refractivity contribution in [3.63, 3.8) is 0 Å². The van der Waals surface area contributed by atoms with Gasteiger partial charge >= 0.3 is 0 Å². The molecule has 0 N–H and O–H groups in total. The number of nitrogens with zero attached hydrogens (tertiary/aromatic N) is 2. The molecule has 0 aromatic rings. The van der Waals surface area contributed by atoms with Crippen LogP contribution in [0, 0.1) is 5.41 Å². The normalized spacial score (nSPS) is 28.9. The molecule has 2 saturated heterocycles. The molecule has 2 heterocycles. The molecule has 1 spiro atoms. The minimum atomic E-state index is 0.702. The summed E-state index contributed by atoms with van der Waals surface area (Å²) >= 11 is 0. The molecular weight excluding hydrogens is 172 g/mol. The lowest BCUT2D eigenvalue weighted by molar-refractivity contribution is -0.137. The molecular formula is C12H24N2. The molecule has 0 amide bonds. The van der Waals surface area contributed by atoms with E-state index in [0.717, 1.165) is 12.1 Å². The first kappa shape index (κ1) is 10.4. The van der Waals surface area contributed by atoms with Crippen molar-refractivity contribution in [1.82, 2.24) is 9.80 Å². The van der Waals surface area contributed by atoms with Gasteiger partial charge in [-0.25, -0.2) is 0 Å². The van der Waals surface area contributed by atoms with Crippen LogP contribution in [0.5, 0.6) is 0 Å². The first-order valence-corrected chi connectivity index (χ1v) is 6.04. The molecule has 0 aliphatic carbocycles. The first-order chi connectivity index (χ1) is 6.56. The van der Waals surface area contributed by atoms with Gasteiger partial charge < -0.3 is 0 Å². The third-order valence-electron chi connectivity index (χ3n) is 4.10. The van der Waals surface area contributed by atoms with Gasteiger partial charge in [-0.05, 0) is 27.2 Å². The van der Waals surface area contributed by atoms with E-state index in [9.17, 15) is 0 Å². The standard InChI is InChI=1S/C12H24N2/c1-5-11(4)14-8-12(9-14)6-13(7-12)10(2)3/h10-11H,5-9H2,1-4H3. The molecule has 1 atom stereocenters. The lowest BCUT2D eigenvalue weighted by atomic mass is 9.71. The maximum Gasteiger partial charge on any atom is 0.0212 e. The Bertz CT molecular complexity index is 198. The van der Waals surface area contributed by atoms with Gasteiger partial charge in [0.1, 0.15) is 0 Å². The highest BCUT2D eigenvalue weighted by atomic mass is 15.3. The monoisotopic (exact) mass is 196 g/mol. The Morgan fingerprint density at radius 2 is 1.50 bits per heavy atom. The Hall–Kier alpha value is -0.0800. The van der Waals surface area contributed by atoms with Gasteiger partial charge in [-0.3, -0.25) is 9.80 Å². The van der Waals surface area contributed by atoms with Crippen LogP contribution in [0.1, 0.15) is 34.1 Å². The fourth-order valence-electron chi connectivity index (χ4n) is 2.77. The van der Waals surface area contributed by atoms with Gasteiger partial charge in [-0.1, -0.05) is 6.92 Å². The summed E-state index contributed by atoms with van der Waals surface area (Å²) in [6, 6.07) is 1.55. The number of hydrogen-bond donors (Lipinski definition) is 0. The summed E-state index contributed by atoms with van der Waals surface area (Å²) in [4.78, 5) is 5.23. The number of rotatable bonds is 3. The van der Waals surface area contributed by atoms with Crippen LogP contribution in [-0.4, -0.2) is 48.1 Å². The van der Waals surface area contributed by atoms with E-state index in [1.165, 1.54) is 32.6 Å². The second-order valence-corrected chi connectivity index (χ2v) is 5.66. The van der Waals surface area contributed by atoms with Crippen molar-refractivity contribution in [3.05, 3.63) is 0 Å². The summed E-state index contributed by atoms with van der Waals surface area (Å²) in [5, 5.41) is 0. The predicted octanol–water partition coefficient (Wildman–Crippen LogP) is 1.81. The molecule has 2 aliphatic rings. The second-order valence-electron chi connectivity index (χ2n) is 5.66. The summed E-state index contributed by atoms with van der Waals surface area (Å²) in [7, 11) is 0.